The van der Waals surface area contributed by atoms with Crippen molar-refractivity contribution < 1.29 is 17.9 Å². The maximum Gasteiger partial charge on any atom is 0.416 e. The Balaban J connectivity index is 2.28. The molecule has 1 aromatic carbocycles. The lowest BCUT2D eigenvalue weighted by Gasteiger charge is -2.10. The van der Waals surface area contributed by atoms with Crippen LogP contribution in [0.25, 0.3) is 0 Å². The van der Waals surface area contributed by atoms with E-state index < -0.39 is 11.7 Å². The number of alkyl halides is 3. The van der Waals surface area contributed by atoms with Crippen LogP contribution in [0.4, 0.5) is 24.8 Å². The molecular weight excluding hydrogens is 297 g/mol. The van der Waals surface area contributed by atoms with Gasteiger partial charge in [0.1, 0.15) is 0 Å². The lowest BCUT2D eigenvalue weighted by molar-refractivity contribution is -0.137. The quantitative estimate of drug-likeness (QED) is 0.943. The summed E-state index contributed by atoms with van der Waals surface area (Å²) in [5.74, 6) is -0.0128. The molecule has 0 radical (unpaired) electrons. The third-order valence-corrected chi connectivity index (χ3v) is 2.39. The van der Waals surface area contributed by atoms with Crippen molar-refractivity contribution in [2.75, 3.05) is 12.4 Å². The number of methoxy groups -OCH3 is 1. The number of anilines is 2. The summed E-state index contributed by atoms with van der Waals surface area (Å²) >= 11 is 5.64. The van der Waals surface area contributed by atoms with Crippen LogP contribution in [0.2, 0.25) is 5.28 Å². The zero-order valence-electron chi connectivity index (χ0n) is 10.1. The Morgan fingerprint density at radius 2 is 1.95 bits per heavy atom. The first kappa shape index (κ1) is 14.3. The van der Waals surface area contributed by atoms with Crippen LogP contribution in [-0.2, 0) is 6.18 Å². The number of benzene rings is 1. The molecule has 20 heavy (non-hydrogen) atoms. The van der Waals surface area contributed by atoms with Gasteiger partial charge in [0.15, 0.2) is 0 Å². The predicted octanol–water partition coefficient (Wildman–Crippen LogP) is 3.30. The largest absolute Gasteiger partial charge is 0.467 e. The van der Waals surface area contributed by atoms with Crippen molar-refractivity contribution in [3.05, 3.63) is 35.1 Å². The minimum absolute atomic E-state index is 0.0128. The molecule has 0 bridgehead atoms. The second kappa shape index (κ2) is 5.49. The number of ether oxygens (including phenoxy) is 1. The van der Waals surface area contributed by atoms with Gasteiger partial charge in [-0.05, 0) is 29.8 Å². The number of hydrogen-bond donors (Lipinski definition) is 1. The Kier molecular flexibility index (Phi) is 3.93. The molecule has 1 N–H and O–H groups in total. The van der Waals surface area contributed by atoms with Crippen LogP contribution in [0, 0.1) is 0 Å². The Labute approximate surface area is 116 Å². The van der Waals surface area contributed by atoms with E-state index in [0.29, 0.717) is 0 Å². The summed E-state index contributed by atoms with van der Waals surface area (Å²) < 4.78 is 42.5. The third-order valence-electron chi connectivity index (χ3n) is 2.22. The highest BCUT2D eigenvalue weighted by Crippen LogP contribution is 2.31. The molecule has 0 saturated heterocycles. The van der Waals surface area contributed by atoms with Crippen LogP contribution in [0.1, 0.15) is 5.56 Å². The molecule has 0 amide bonds. The highest BCUT2D eigenvalue weighted by Gasteiger charge is 2.30. The van der Waals surface area contributed by atoms with E-state index in [0.717, 1.165) is 12.1 Å². The molecule has 0 fully saturated rings. The van der Waals surface area contributed by atoms with E-state index in [4.69, 9.17) is 16.3 Å². The zero-order valence-corrected chi connectivity index (χ0v) is 10.8. The van der Waals surface area contributed by atoms with Gasteiger partial charge in [-0.2, -0.15) is 28.1 Å². The molecule has 9 heteroatoms. The van der Waals surface area contributed by atoms with Crippen molar-refractivity contribution >= 4 is 23.2 Å². The minimum atomic E-state index is -4.42. The van der Waals surface area contributed by atoms with Crippen molar-refractivity contribution in [2.24, 2.45) is 0 Å². The first-order valence-electron chi connectivity index (χ1n) is 5.28. The standard InChI is InChI=1S/C11H8ClF3N4O/c1-20-10-18-8(12)17-9(19-10)16-7-4-2-3-6(5-7)11(13,14)15/h2-5H,1H3,(H,16,17,18,19). The van der Waals surface area contributed by atoms with Crippen LogP contribution in [0.3, 0.4) is 0 Å². The van der Waals surface area contributed by atoms with Crippen LogP contribution in [-0.4, -0.2) is 22.1 Å². The van der Waals surface area contributed by atoms with E-state index in [2.05, 4.69) is 20.3 Å². The van der Waals surface area contributed by atoms with Crippen LogP contribution in [0.5, 0.6) is 6.01 Å². The van der Waals surface area contributed by atoms with Crippen molar-refractivity contribution in [2.45, 2.75) is 6.18 Å². The summed E-state index contributed by atoms with van der Waals surface area (Å²) in [6, 6.07) is 4.57. The Hall–Kier alpha value is -2.09. The SMILES string of the molecule is COc1nc(Cl)nc(Nc2cccc(C(F)(F)F)c2)n1. The summed E-state index contributed by atoms with van der Waals surface area (Å²) in [5.41, 5.74) is -0.612. The highest BCUT2D eigenvalue weighted by atomic mass is 35.5. The molecule has 0 aliphatic rings. The molecular formula is C11H8ClF3N4O. The van der Waals surface area contributed by atoms with Gasteiger partial charge >= 0.3 is 12.2 Å². The Bertz CT molecular complexity index is 621. The monoisotopic (exact) mass is 304 g/mol. The number of nitrogens with zero attached hydrogens (tertiary/aromatic N) is 3. The van der Waals surface area contributed by atoms with Gasteiger partial charge in [0.25, 0.3) is 0 Å². The van der Waals surface area contributed by atoms with Crippen molar-refractivity contribution in [3.8, 4) is 6.01 Å². The lowest BCUT2D eigenvalue weighted by atomic mass is 10.2. The number of hydrogen-bond acceptors (Lipinski definition) is 5. The fourth-order valence-electron chi connectivity index (χ4n) is 1.38. The van der Waals surface area contributed by atoms with Crippen molar-refractivity contribution in [3.63, 3.8) is 0 Å². The van der Waals surface area contributed by atoms with Gasteiger partial charge in [0, 0.05) is 5.69 Å². The maximum absolute atomic E-state index is 12.6. The van der Waals surface area contributed by atoms with Gasteiger partial charge in [-0.1, -0.05) is 6.07 Å². The number of nitrogens with one attached hydrogen (secondary N) is 1. The molecule has 0 unspecified atom stereocenters. The first-order valence-corrected chi connectivity index (χ1v) is 5.66. The molecule has 1 aromatic heterocycles. The van der Waals surface area contributed by atoms with E-state index >= 15 is 0 Å². The average Bonchev–Trinajstić information content (AvgIpc) is 2.37. The maximum atomic E-state index is 12.6. The van der Waals surface area contributed by atoms with E-state index in [1.165, 1.54) is 19.2 Å². The van der Waals surface area contributed by atoms with Gasteiger partial charge in [0.05, 0.1) is 12.7 Å². The van der Waals surface area contributed by atoms with E-state index in [1.54, 1.807) is 0 Å². The minimum Gasteiger partial charge on any atom is -0.467 e. The van der Waals surface area contributed by atoms with Gasteiger partial charge in [-0.15, -0.1) is 0 Å². The number of rotatable bonds is 3. The van der Waals surface area contributed by atoms with Crippen LogP contribution < -0.4 is 10.1 Å². The highest BCUT2D eigenvalue weighted by molar-refractivity contribution is 6.28. The summed E-state index contributed by atoms with van der Waals surface area (Å²) in [7, 11) is 1.33. The van der Waals surface area contributed by atoms with Gasteiger partial charge in [-0.3, -0.25) is 0 Å². The number of aromatic nitrogens is 3. The van der Waals surface area contributed by atoms with Crippen molar-refractivity contribution in [1.82, 2.24) is 15.0 Å². The Morgan fingerprint density at radius 1 is 1.20 bits per heavy atom. The molecule has 5 nitrogen and oxygen atoms in total. The van der Waals surface area contributed by atoms with E-state index in [1.807, 2.05) is 0 Å². The van der Waals surface area contributed by atoms with Gasteiger partial charge < -0.3 is 10.1 Å². The fourth-order valence-corrected chi connectivity index (χ4v) is 1.53. The van der Waals surface area contributed by atoms with Crippen molar-refractivity contribution in [1.29, 1.82) is 0 Å². The second-order valence-electron chi connectivity index (χ2n) is 3.62. The molecule has 0 spiro atoms. The molecule has 1 heterocycles. The smallest absolute Gasteiger partial charge is 0.416 e. The summed E-state index contributed by atoms with van der Waals surface area (Å²) in [4.78, 5) is 11.2. The predicted molar refractivity (Wildman–Crippen MR) is 66.1 cm³/mol. The van der Waals surface area contributed by atoms with E-state index in [-0.39, 0.29) is 22.9 Å². The van der Waals surface area contributed by atoms with Crippen LogP contribution in [0.15, 0.2) is 24.3 Å². The molecule has 2 rings (SSSR count). The van der Waals surface area contributed by atoms with Gasteiger partial charge in [-0.25, -0.2) is 0 Å². The normalized spacial score (nSPS) is 11.2. The number of halogens is 4. The summed E-state index contributed by atoms with van der Waals surface area (Å²) in [6.07, 6.45) is -4.42. The van der Waals surface area contributed by atoms with Crippen LogP contribution >= 0.6 is 11.6 Å². The average molecular weight is 305 g/mol. The second-order valence-corrected chi connectivity index (χ2v) is 3.96. The molecule has 106 valence electrons. The molecule has 2 aromatic rings. The first-order chi connectivity index (χ1) is 9.38. The molecule has 0 saturated carbocycles. The molecule has 0 atom stereocenters. The lowest BCUT2D eigenvalue weighted by Crippen LogP contribution is -2.06. The molecule has 0 aliphatic heterocycles. The third kappa shape index (κ3) is 3.47. The summed E-state index contributed by atoms with van der Waals surface area (Å²) in [5, 5.41) is 2.47. The zero-order chi connectivity index (χ0) is 14.8. The topological polar surface area (TPSA) is 59.9 Å². The summed E-state index contributed by atoms with van der Waals surface area (Å²) in [6.45, 7) is 0. The Morgan fingerprint density at radius 3 is 2.60 bits per heavy atom. The molecule has 0 aliphatic carbocycles. The fraction of sp³-hybridized carbons (Fsp3) is 0.182. The van der Waals surface area contributed by atoms with Gasteiger partial charge in [0.2, 0.25) is 11.2 Å². The van der Waals surface area contributed by atoms with E-state index in [9.17, 15) is 13.2 Å².